The maximum absolute atomic E-state index is 12.0. The fourth-order valence-electron chi connectivity index (χ4n) is 2.05. The van der Waals surface area contributed by atoms with Gasteiger partial charge in [-0.2, -0.15) is 0 Å². The molecule has 0 aliphatic rings. The lowest BCUT2D eigenvalue weighted by Gasteiger charge is -2.16. The van der Waals surface area contributed by atoms with Gasteiger partial charge in [-0.1, -0.05) is 39.8 Å². The maximum atomic E-state index is 12.0. The normalized spacial score (nSPS) is 12.1. The molecule has 0 bridgehead atoms. The van der Waals surface area contributed by atoms with Gasteiger partial charge in [0.1, 0.15) is 0 Å². The van der Waals surface area contributed by atoms with Crippen molar-refractivity contribution in [3.05, 3.63) is 29.3 Å². The molecular formula is C17H27N3O2. The quantitative estimate of drug-likeness (QED) is 0.719. The Bertz CT molecular complexity index is 527. The molecule has 0 aliphatic carbocycles. The number of nitrogens with one attached hydrogen (secondary N) is 2. The Labute approximate surface area is 132 Å². The lowest BCUT2D eigenvalue weighted by Crippen LogP contribution is -2.46. The average molecular weight is 305 g/mol. The van der Waals surface area contributed by atoms with E-state index in [9.17, 15) is 9.59 Å². The average Bonchev–Trinajstić information content (AvgIpc) is 2.51. The first-order valence-corrected chi connectivity index (χ1v) is 7.83. The van der Waals surface area contributed by atoms with Crippen LogP contribution in [0.1, 0.15) is 38.8 Å². The van der Waals surface area contributed by atoms with Crippen LogP contribution in [-0.4, -0.2) is 24.4 Å². The van der Waals surface area contributed by atoms with E-state index in [4.69, 9.17) is 5.73 Å². The maximum Gasteiger partial charge on any atom is 0.243 e. The molecule has 0 saturated carbocycles. The van der Waals surface area contributed by atoms with E-state index < -0.39 is 6.04 Å². The summed E-state index contributed by atoms with van der Waals surface area (Å²) in [5.41, 5.74) is 8.80. The van der Waals surface area contributed by atoms with Crippen LogP contribution in [0.4, 0.5) is 5.69 Å². The van der Waals surface area contributed by atoms with Gasteiger partial charge in [-0.15, -0.1) is 0 Å². The highest BCUT2D eigenvalue weighted by Crippen LogP contribution is 2.18. The van der Waals surface area contributed by atoms with E-state index in [0.717, 1.165) is 24.1 Å². The second-order valence-electron chi connectivity index (χ2n) is 5.73. The molecule has 0 unspecified atom stereocenters. The van der Waals surface area contributed by atoms with Gasteiger partial charge in [0.15, 0.2) is 0 Å². The van der Waals surface area contributed by atoms with Crippen LogP contribution >= 0.6 is 0 Å². The Balaban J connectivity index is 2.63. The molecule has 122 valence electrons. The predicted octanol–water partition coefficient (Wildman–Crippen LogP) is 1.85. The van der Waals surface area contributed by atoms with Gasteiger partial charge in [-0.05, 0) is 36.0 Å². The SMILES string of the molecule is CCc1ccc(CC)c(NC(=O)CNC(=O)[C@@H](N)C(C)C)c1. The standard InChI is InChI=1S/C17H27N3O2/c1-5-12-7-8-13(6-2)14(9-12)20-15(21)10-19-17(22)16(18)11(3)4/h7-9,11,16H,5-6,10,18H2,1-4H3,(H,19,22)(H,20,21)/t16-/m0/s1. The summed E-state index contributed by atoms with van der Waals surface area (Å²) in [6.07, 6.45) is 1.75. The third kappa shape index (κ3) is 5.15. The lowest BCUT2D eigenvalue weighted by molar-refractivity contribution is -0.125. The third-order valence-electron chi connectivity index (χ3n) is 3.68. The van der Waals surface area contributed by atoms with Crippen molar-refractivity contribution < 1.29 is 9.59 Å². The summed E-state index contributed by atoms with van der Waals surface area (Å²) in [5, 5.41) is 5.44. The van der Waals surface area contributed by atoms with E-state index >= 15 is 0 Å². The molecule has 5 heteroatoms. The molecule has 0 saturated heterocycles. The highest BCUT2D eigenvalue weighted by Gasteiger charge is 2.17. The molecule has 2 amide bonds. The number of carbonyl (C=O) groups is 2. The highest BCUT2D eigenvalue weighted by atomic mass is 16.2. The Morgan fingerprint density at radius 1 is 1.18 bits per heavy atom. The van der Waals surface area contributed by atoms with Crippen molar-refractivity contribution in [1.29, 1.82) is 0 Å². The summed E-state index contributed by atoms with van der Waals surface area (Å²) >= 11 is 0. The number of aryl methyl sites for hydroxylation is 2. The molecule has 1 aromatic rings. The van der Waals surface area contributed by atoms with Crippen LogP contribution in [-0.2, 0) is 22.4 Å². The van der Waals surface area contributed by atoms with Crippen molar-refractivity contribution >= 4 is 17.5 Å². The molecule has 22 heavy (non-hydrogen) atoms. The van der Waals surface area contributed by atoms with Crippen molar-refractivity contribution in [1.82, 2.24) is 5.32 Å². The first-order chi connectivity index (χ1) is 10.4. The molecule has 0 aliphatic heterocycles. The predicted molar refractivity (Wildman–Crippen MR) is 89.7 cm³/mol. The molecule has 1 atom stereocenters. The summed E-state index contributed by atoms with van der Waals surface area (Å²) in [5.74, 6) is -0.508. The number of anilines is 1. The second kappa shape index (κ2) is 8.54. The Hall–Kier alpha value is -1.88. The van der Waals surface area contributed by atoms with Crippen LogP contribution < -0.4 is 16.4 Å². The van der Waals surface area contributed by atoms with Crippen LogP contribution in [0, 0.1) is 5.92 Å². The molecule has 1 rings (SSSR count). The molecule has 1 aromatic carbocycles. The van der Waals surface area contributed by atoms with E-state index in [1.807, 2.05) is 32.9 Å². The molecule has 0 aromatic heterocycles. The van der Waals surface area contributed by atoms with Gasteiger partial charge >= 0.3 is 0 Å². The van der Waals surface area contributed by atoms with E-state index in [-0.39, 0.29) is 24.3 Å². The molecule has 0 radical (unpaired) electrons. The molecule has 5 nitrogen and oxygen atoms in total. The highest BCUT2D eigenvalue weighted by molar-refractivity contribution is 5.95. The smallest absolute Gasteiger partial charge is 0.243 e. The number of amides is 2. The summed E-state index contributed by atoms with van der Waals surface area (Å²) in [6, 6.07) is 5.49. The zero-order valence-electron chi connectivity index (χ0n) is 13.9. The van der Waals surface area contributed by atoms with Crippen LogP contribution in [0.5, 0.6) is 0 Å². The zero-order valence-corrected chi connectivity index (χ0v) is 13.9. The third-order valence-corrected chi connectivity index (χ3v) is 3.68. The van der Waals surface area contributed by atoms with Crippen LogP contribution in [0.25, 0.3) is 0 Å². The minimum Gasteiger partial charge on any atom is -0.346 e. The summed E-state index contributed by atoms with van der Waals surface area (Å²) in [4.78, 5) is 23.8. The number of rotatable bonds is 7. The van der Waals surface area contributed by atoms with Gasteiger partial charge in [-0.25, -0.2) is 0 Å². The van der Waals surface area contributed by atoms with Crippen molar-refractivity contribution in [2.24, 2.45) is 11.7 Å². The van der Waals surface area contributed by atoms with E-state index in [1.165, 1.54) is 5.56 Å². The van der Waals surface area contributed by atoms with Gasteiger partial charge in [0.25, 0.3) is 0 Å². The van der Waals surface area contributed by atoms with E-state index in [0.29, 0.717) is 0 Å². The van der Waals surface area contributed by atoms with Crippen LogP contribution in [0.2, 0.25) is 0 Å². The first-order valence-electron chi connectivity index (χ1n) is 7.83. The Morgan fingerprint density at radius 2 is 1.86 bits per heavy atom. The Morgan fingerprint density at radius 3 is 2.41 bits per heavy atom. The van der Waals surface area contributed by atoms with Gasteiger partial charge in [0.05, 0.1) is 12.6 Å². The van der Waals surface area contributed by atoms with Gasteiger partial charge in [0, 0.05) is 5.69 Å². The number of nitrogens with two attached hydrogens (primary N) is 1. The molecule has 0 heterocycles. The van der Waals surface area contributed by atoms with Crippen LogP contribution in [0.3, 0.4) is 0 Å². The molecule has 0 fully saturated rings. The van der Waals surface area contributed by atoms with E-state index in [2.05, 4.69) is 23.6 Å². The van der Waals surface area contributed by atoms with Gasteiger partial charge in [0.2, 0.25) is 11.8 Å². The number of carbonyl (C=O) groups excluding carboxylic acids is 2. The molecule has 0 spiro atoms. The zero-order chi connectivity index (χ0) is 16.7. The number of benzene rings is 1. The minimum atomic E-state index is -0.595. The minimum absolute atomic E-state index is 0.0380. The summed E-state index contributed by atoms with van der Waals surface area (Å²) in [7, 11) is 0. The fourth-order valence-corrected chi connectivity index (χ4v) is 2.05. The topological polar surface area (TPSA) is 84.2 Å². The van der Waals surface area contributed by atoms with Crippen molar-refractivity contribution in [3.8, 4) is 0 Å². The summed E-state index contributed by atoms with van der Waals surface area (Å²) in [6.45, 7) is 7.78. The summed E-state index contributed by atoms with van der Waals surface area (Å²) < 4.78 is 0. The first kappa shape index (κ1) is 18.2. The largest absolute Gasteiger partial charge is 0.346 e. The Kier molecular flexibility index (Phi) is 7.05. The fraction of sp³-hybridized carbons (Fsp3) is 0.529. The van der Waals surface area contributed by atoms with Gasteiger partial charge in [-0.3, -0.25) is 9.59 Å². The number of hydrogen-bond acceptors (Lipinski definition) is 3. The van der Waals surface area contributed by atoms with Gasteiger partial charge < -0.3 is 16.4 Å². The van der Waals surface area contributed by atoms with Crippen LogP contribution in [0.15, 0.2) is 18.2 Å². The monoisotopic (exact) mass is 305 g/mol. The number of hydrogen-bond donors (Lipinski definition) is 3. The molecular weight excluding hydrogens is 278 g/mol. The lowest BCUT2D eigenvalue weighted by atomic mass is 10.0. The van der Waals surface area contributed by atoms with Crippen molar-refractivity contribution in [2.75, 3.05) is 11.9 Å². The van der Waals surface area contributed by atoms with Crippen molar-refractivity contribution in [2.45, 2.75) is 46.6 Å². The van der Waals surface area contributed by atoms with E-state index in [1.54, 1.807) is 0 Å². The van der Waals surface area contributed by atoms with Crippen molar-refractivity contribution in [3.63, 3.8) is 0 Å². The second-order valence-corrected chi connectivity index (χ2v) is 5.73. The molecule has 4 N–H and O–H groups in total.